The number of nitrogens with zero attached hydrogens (tertiary/aromatic N) is 3. The van der Waals surface area contributed by atoms with Crippen LogP contribution in [0.5, 0.6) is 0 Å². The molecule has 0 fully saturated rings. The van der Waals surface area contributed by atoms with E-state index >= 15 is 0 Å². The molecule has 4 heteroatoms. The first-order chi connectivity index (χ1) is 7.18. The van der Waals surface area contributed by atoms with Gasteiger partial charge in [-0.3, -0.25) is 0 Å². The van der Waals surface area contributed by atoms with Crippen molar-refractivity contribution in [3.63, 3.8) is 0 Å². The van der Waals surface area contributed by atoms with E-state index in [0.29, 0.717) is 19.3 Å². The van der Waals surface area contributed by atoms with E-state index in [-0.39, 0.29) is 5.16 Å². The third-order valence-corrected chi connectivity index (χ3v) is 3.30. The number of hydrogen-bond acceptors (Lipinski definition) is 3. The van der Waals surface area contributed by atoms with Crippen LogP contribution < -0.4 is 0 Å². The first-order valence-electron chi connectivity index (χ1n) is 5.08. The minimum Gasteiger partial charge on any atom is -0.198 e. The van der Waals surface area contributed by atoms with E-state index in [1.807, 2.05) is 0 Å². The third-order valence-electron chi connectivity index (χ3n) is 2.43. The SMILES string of the molecule is N#CCCCC(P)(CCC#N)CCC#N. The summed E-state index contributed by atoms with van der Waals surface area (Å²) in [5.41, 5.74) is 0. The number of hydrogen-bond donors (Lipinski definition) is 0. The Hall–Kier alpha value is -1.10. The second kappa shape index (κ2) is 8.23. The molecule has 0 N–H and O–H groups in total. The lowest BCUT2D eigenvalue weighted by atomic mass is 9.91. The molecule has 0 saturated carbocycles. The van der Waals surface area contributed by atoms with Gasteiger partial charge in [-0.1, -0.05) is 0 Å². The Kier molecular flexibility index (Phi) is 7.62. The van der Waals surface area contributed by atoms with Crippen LogP contribution in [0, 0.1) is 34.0 Å². The molecule has 0 bridgehead atoms. The Morgan fingerprint density at radius 1 is 0.800 bits per heavy atom. The molecule has 0 aliphatic carbocycles. The van der Waals surface area contributed by atoms with Gasteiger partial charge in [0.25, 0.3) is 0 Å². The van der Waals surface area contributed by atoms with Crippen molar-refractivity contribution in [2.75, 3.05) is 0 Å². The lowest BCUT2D eigenvalue weighted by Crippen LogP contribution is -2.20. The Bertz CT molecular complexity index is 274. The lowest BCUT2D eigenvalue weighted by molar-refractivity contribution is 0.466. The molecule has 0 rings (SSSR count). The van der Waals surface area contributed by atoms with Gasteiger partial charge in [-0.15, -0.1) is 9.24 Å². The normalized spacial score (nSPS) is 10.0. The maximum Gasteiger partial charge on any atom is 0.0622 e. The van der Waals surface area contributed by atoms with Crippen LogP contribution in [0.1, 0.15) is 44.9 Å². The summed E-state index contributed by atoms with van der Waals surface area (Å²) in [4.78, 5) is 0. The van der Waals surface area contributed by atoms with Crippen LogP contribution in [0.15, 0.2) is 0 Å². The first-order valence-corrected chi connectivity index (χ1v) is 5.66. The average Bonchev–Trinajstić information content (AvgIpc) is 2.24. The monoisotopic (exact) mass is 221 g/mol. The van der Waals surface area contributed by atoms with Crippen molar-refractivity contribution < 1.29 is 0 Å². The van der Waals surface area contributed by atoms with Crippen molar-refractivity contribution >= 4 is 9.24 Å². The zero-order valence-electron chi connectivity index (χ0n) is 8.87. The summed E-state index contributed by atoms with van der Waals surface area (Å²) in [6.07, 6.45) is 4.91. The van der Waals surface area contributed by atoms with Crippen molar-refractivity contribution in [2.24, 2.45) is 0 Å². The molecule has 0 saturated heterocycles. The fraction of sp³-hybridized carbons (Fsp3) is 0.727. The fourth-order valence-corrected chi connectivity index (χ4v) is 2.00. The smallest absolute Gasteiger partial charge is 0.0622 e. The fourth-order valence-electron chi connectivity index (χ4n) is 1.50. The summed E-state index contributed by atoms with van der Waals surface area (Å²) in [5.74, 6) is 0. The highest BCUT2D eigenvalue weighted by atomic mass is 31.0. The van der Waals surface area contributed by atoms with Gasteiger partial charge in [0.05, 0.1) is 18.2 Å². The predicted octanol–water partition coefficient (Wildman–Crippen LogP) is 2.90. The van der Waals surface area contributed by atoms with E-state index in [0.717, 1.165) is 25.7 Å². The molecular formula is C11H16N3P. The summed E-state index contributed by atoms with van der Waals surface area (Å²) in [5, 5.41) is 25.5. The molecule has 3 nitrogen and oxygen atoms in total. The van der Waals surface area contributed by atoms with Crippen molar-refractivity contribution in [3.8, 4) is 18.2 Å². The van der Waals surface area contributed by atoms with Crippen LogP contribution in [-0.4, -0.2) is 5.16 Å². The third kappa shape index (κ3) is 6.90. The number of unbranched alkanes of at least 4 members (excludes halogenated alkanes) is 1. The van der Waals surface area contributed by atoms with Crippen molar-refractivity contribution in [1.29, 1.82) is 15.8 Å². The van der Waals surface area contributed by atoms with Gasteiger partial charge in [0, 0.05) is 19.3 Å². The van der Waals surface area contributed by atoms with Gasteiger partial charge < -0.3 is 0 Å². The molecule has 0 aromatic carbocycles. The molecule has 0 aromatic rings. The molecule has 0 aliphatic heterocycles. The molecule has 0 radical (unpaired) electrons. The van der Waals surface area contributed by atoms with Gasteiger partial charge in [0.15, 0.2) is 0 Å². The summed E-state index contributed by atoms with van der Waals surface area (Å²) < 4.78 is 0. The average molecular weight is 221 g/mol. The minimum absolute atomic E-state index is 0.0255. The van der Waals surface area contributed by atoms with Crippen LogP contribution in [0.3, 0.4) is 0 Å². The molecule has 0 heterocycles. The zero-order chi connectivity index (χ0) is 11.6. The Morgan fingerprint density at radius 3 is 1.67 bits per heavy atom. The van der Waals surface area contributed by atoms with Crippen molar-refractivity contribution in [3.05, 3.63) is 0 Å². The lowest BCUT2D eigenvalue weighted by Gasteiger charge is -2.27. The highest BCUT2D eigenvalue weighted by Gasteiger charge is 2.23. The van der Waals surface area contributed by atoms with Gasteiger partial charge >= 0.3 is 0 Å². The Balaban J connectivity index is 4.10. The summed E-state index contributed by atoms with van der Waals surface area (Å²) in [6.45, 7) is 0. The van der Waals surface area contributed by atoms with E-state index in [2.05, 4.69) is 27.4 Å². The van der Waals surface area contributed by atoms with Gasteiger partial charge in [0.1, 0.15) is 0 Å². The maximum absolute atomic E-state index is 8.55. The largest absolute Gasteiger partial charge is 0.198 e. The van der Waals surface area contributed by atoms with Crippen LogP contribution in [0.4, 0.5) is 0 Å². The highest BCUT2D eigenvalue weighted by Crippen LogP contribution is 2.35. The highest BCUT2D eigenvalue weighted by molar-refractivity contribution is 7.19. The maximum atomic E-state index is 8.55. The standard InChI is InChI=1S/C11H16N3P/c12-8-2-1-5-11(15,6-3-9-13)7-4-10-14/h1-7,15H2. The molecule has 80 valence electrons. The molecule has 0 spiro atoms. The minimum atomic E-state index is -0.0255. The molecule has 1 unspecified atom stereocenters. The Labute approximate surface area is 93.9 Å². The van der Waals surface area contributed by atoms with Crippen LogP contribution in [-0.2, 0) is 0 Å². The van der Waals surface area contributed by atoms with E-state index in [1.54, 1.807) is 0 Å². The topological polar surface area (TPSA) is 71.4 Å². The summed E-state index contributed by atoms with van der Waals surface area (Å²) >= 11 is 0. The van der Waals surface area contributed by atoms with Gasteiger partial charge in [-0.05, 0) is 30.8 Å². The molecule has 0 aliphatic rings. The summed E-state index contributed by atoms with van der Waals surface area (Å²) in [7, 11) is 2.78. The van der Waals surface area contributed by atoms with E-state index in [4.69, 9.17) is 15.8 Å². The Morgan fingerprint density at radius 2 is 1.27 bits per heavy atom. The van der Waals surface area contributed by atoms with Crippen LogP contribution in [0.25, 0.3) is 0 Å². The molecule has 15 heavy (non-hydrogen) atoms. The van der Waals surface area contributed by atoms with Crippen LogP contribution >= 0.6 is 9.24 Å². The van der Waals surface area contributed by atoms with E-state index in [9.17, 15) is 0 Å². The molecule has 0 aromatic heterocycles. The van der Waals surface area contributed by atoms with Crippen molar-refractivity contribution in [1.82, 2.24) is 0 Å². The quantitative estimate of drug-likeness (QED) is 0.490. The molecule has 1 atom stereocenters. The van der Waals surface area contributed by atoms with Crippen LogP contribution in [0.2, 0.25) is 0 Å². The number of nitriles is 3. The first kappa shape index (κ1) is 13.9. The molecular weight excluding hydrogens is 205 g/mol. The number of rotatable bonds is 7. The van der Waals surface area contributed by atoms with Gasteiger partial charge in [-0.25, -0.2) is 0 Å². The van der Waals surface area contributed by atoms with Crippen molar-refractivity contribution in [2.45, 2.75) is 50.1 Å². The predicted molar refractivity (Wildman–Crippen MR) is 61.6 cm³/mol. The second-order valence-corrected chi connectivity index (χ2v) is 4.92. The van der Waals surface area contributed by atoms with E-state index in [1.165, 1.54) is 0 Å². The second-order valence-electron chi connectivity index (χ2n) is 3.69. The van der Waals surface area contributed by atoms with E-state index < -0.39 is 0 Å². The summed E-state index contributed by atoms with van der Waals surface area (Å²) in [6, 6.07) is 6.37. The molecule has 0 amide bonds. The van der Waals surface area contributed by atoms with Gasteiger partial charge in [-0.2, -0.15) is 15.8 Å². The zero-order valence-corrected chi connectivity index (χ0v) is 10.0. The van der Waals surface area contributed by atoms with Gasteiger partial charge in [0.2, 0.25) is 0 Å².